The van der Waals surface area contributed by atoms with Crippen LogP contribution in [0.5, 0.6) is 0 Å². The minimum absolute atomic E-state index is 0.0673. The molecule has 0 atom stereocenters. The molecule has 7 nitrogen and oxygen atoms in total. The maximum atomic E-state index is 11.6. The monoisotopic (exact) mass is 278 g/mol. The first-order chi connectivity index (χ1) is 9.49. The standard InChI is InChI=1S/C13H14N2O5/c1-8-10(3-2-4-11(8)15(18)19)14-12(16)7-20-13(17)9-5-6-9/h2-4,9H,5-7H2,1H3,(H,14,16). The third-order valence-corrected chi connectivity index (χ3v) is 3.03. The van der Waals surface area contributed by atoms with Crippen molar-refractivity contribution in [2.75, 3.05) is 11.9 Å². The van der Waals surface area contributed by atoms with E-state index < -0.39 is 10.8 Å². The Morgan fingerprint density at radius 2 is 2.15 bits per heavy atom. The van der Waals surface area contributed by atoms with Crippen molar-refractivity contribution in [3.05, 3.63) is 33.9 Å². The number of anilines is 1. The van der Waals surface area contributed by atoms with Gasteiger partial charge in [0.1, 0.15) is 0 Å². The maximum Gasteiger partial charge on any atom is 0.309 e. The molecule has 0 saturated heterocycles. The molecule has 0 unspecified atom stereocenters. The summed E-state index contributed by atoms with van der Waals surface area (Å²) in [7, 11) is 0. The van der Waals surface area contributed by atoms with Gasteiger partial charge >= 0.3 is 5.97 Å². The summed E-state index contributed by atoms with van der Waals surface area (Å²) in [6.07, 6.45) is 1.62. The van der Waals surface area contributed by atoms with Crippen LogP contribution in [0.1, 0.15) is 18.4 Å². The minimum Gasteiger partial charge on any atom is -0.455 e. The number of nitrogens with one attached hydrogen (secondary N) is 1. The van der Waals surface area contributed by atoms with Crippen LogP contribution >= 0.6 is 0 Å². The fourth-order valence-corrected chi connectivity index (χ4v) is 1.72. The fraction of sp³-hybridized carbons (Fsp3) is 0.385. The molecule has 2 rings (SSSR count). The number of hydrogen-bond acceptors (Lipinski definition) is 5. The Labute approximate surface area is 115 Å². The van der Waals surface area contributed by atoms with Crippen molar-refractivity contribution in [3.63, 3.8) is 0 Å². The van der Waals surface area contributed by atoms with Gasteiger partial charge in [-0.15, -0.1) is 0 Å². The molecule has 1 aromatic carbocycles. The van der Waals surface area contributed by atoms with Crippen molar-refractivity contribution in [2.45, 2.75) is 19.8 Å². The van der Waals surface area contributed by atoms with Gasteiger partial charge in [0.2, 0.25) is 0 Å². The van der Waals surface area contributed by atoms with Gasteiger partial charge in [-0.1, -0.05) is 6.07 Å². The van der Waals surface area contributed by atoms with Gasteiger partial charge < -0.3 is 10.1 Å². The number of hydrogen-bond donors (Lipinski definition) is 1. The van der Waals surface area contributed by atoms with E-state index in [2.05, 4.69) is 5.32 Å². The Balaban J connectivity index is 1.95. The number of nitrogens with zero attached hydrogens (tertiary/aromatic N) is 1. The number of amides is 1. The van der Waals surface area contributed by atoms with Gasteiger partial charge in [0, 0.05) is 6.07 Å². The van der Waals surface area contributed by atoms with E-state index in [9.17, 15) is 19.7 Å². The zero-order chi connectivity index (χ0) is 14.7. The van der Waals surface area contributed by atoms with Crippen LogP contribution in [0.2, 0.25) is 0 Å². The number of ether oxygens (including phenoxy) is 1. The van der Waals surface area contributed by atoms with Gasteiger partial charge in [-0.2, -0.15) is 0 Å². The number of nitro benzene ring substituents is 1. The van der Waals surface area contributed by atoms with Crippen LogP contribution in [0.15, 0.2) is 18.2 Å². The molecule has 20 heavy (non-hydrogen) atoms. The van der Waals surface area contributed by atoms with Crippen LogP contribution in [-0.2, 0) is 14.3 Å². The summed E-state index contributed by atoms with van der Waals surface area (Å²) in [4.78, 5) is 33.2. The summed E-state index contributed by atoms with van der Waals surface area (Å²) in [5.74, 6) is -0.944. The zero-order valence-electron chi connectivity index (χ0n) is 10.9. The van der Waals surface area contributed by atoms with Crippen LogP contribution in [0, 0.1) is 23.0 Å². The molecule has 1 fully saturated rings. The van der Waals surface area contributed by atoms with Gasteiger partial charge in [0.05, 0.1) is 22.1 Å². The lowest BCUT2D eigenvalue weighted by molar-refractivity contribution is -0.385. The Hall–Kier alpha value is -2.44. The molecule has 106 valence electrons. The molecule has 0 aromatic heterocycles. The van der Waals surface area contributed by atoms with E-state index in [1.165, 1.54) is 12.1 Å². The lowest BCUT2D eigenvalue weighted by Crippen LogP contribution is -2.22. The summed E-state index contributed by atoms with van der Waals surface area (Å²) in [5.41, 5.74) is 0.629. The van der Waals surface area contributed by atoms with Crippen molar-refractivity contribution in [1.29, 1.82) is 0 Å². The third kappa shape index (κ3) is 3.31. The highest BCUT2D eigenvalue weighted by molar-refractivity contribution is 5.94. The highest BCUT2D eigenvalue weighted by Gasteiger charge is 2.31. The molecule has 1 aliphatic rings. The topological polar surface area (TPSA) is 98.5 Å². The van der Waals surface area contributed by atoms with Crippen LogP contribution in [-0.4, -0.2) is 23.4 Å². The third-order valence-electron chi connectivity index (χ3n) is 3.03. The van der Waals surface area contributed by atoms with Crippen LogP contribution < -0.4 is 5.32 Å². The van der Waals surface area contributed by atoms with Gasteiger partial charge in [0.15, 0.2) is 6.61 Å². The Morgan fingerprint density at radius 3 is 2.75 bits per heavy atom. The van der Waals surface area contributed by atoms with Crippen molar-refractivity contribution in [3.8, 4) is 0 Å². The smallest absolute Gasteiger partial charge is 0.309 e. The van der Waals surface area contributed by atoms with Crippen LogP contribution in [0.4, 0.5) is 11.4 Å². The van der Waals surface area contributed by atoms with Crippen LogP contribution in [0.25, 0.3) is 0 Å². The van der Waals surface area contributed by atoms with Gasteiger partial charge in [-0.3, -0.25) is 19.7 Å². The summed E-state index contributed by atoms with van der Waals surface area (Å²) in [5, 5.41) is 13.3. The average Bonchev–Trinajstić information content (AvgIpc) is 3.22. The second-order valence-electron chi connectivity index (χ2n) is 4.64. The summed E-state index contributed by atoms with van der Waals surface area (Å²) < 4.78 is 4.83. The maximum absolute atomic E-state index is 11.6. The predicted molar refractivity (Wildman–Crippen MR) is 70.1 cm³/mol. The quantitative estimate of drug-likeness (QED) is 0.503. The van der Waals surface area contributed by atoms with Crippen molar-refractivity contribution in [2.24, 2.45) is 5.92 Å². The molecule has 0 radical (unpaired) electrons. The molecule has 1 amide bonds. The first-order valence-electron chi connectivity index (χ1n) is 6.19. The molecule has 1 saturated carbocycles. The molecular weight excluding hydrogens is 264 g/mol. The molecule has 1 aromatic rings. The highest BCUT2D eigenvalue weighted by Crippen LogP contribution is 2.30. The first-order valence-corrected chi connectivity index (χ1v) is 6.19. The molecule has 1 N–H and O–H groups in total. The van der Waals surface area contributed by atoms with E-state index in [0.29, 0.717) is 11.3 Å². The second-order valence-corrected chi connectivity index (χ2v) is 4.64. The molecule has 7 heteroatoms. The lowest BCUT2D eigenvalue weighted by atomic mass is 10.1. The fourth-order valence-electron chi connectivity index (χ4n) is 1.72. The SMILES string of the molecule is Cc1c(NC(=O)COC(=O)C2CC2)cccc1[N+](=O)[O-]. The van der Waals surface area contributed by atoms with Gasteiger partial charge in [0.25, 0.3) is 11.6 Å². The number of benzene rings is 1. The van der Waals surface area contributed by atoms with E-state index in [1.807, 2.05) is 0 Å². The zero-order valence-corrected chi connectivity index (χ0v) is 10.9. The Morgan fingerprint density at radius 1 is 1.45 bits per heavy atom. The highest BCUT2D eigenvalue weighted by atomic mass is 16.6. The summed E-state index contributed by atoms with van der Waals surface area (Å²) in [6.45, 7) is 1.17. The van der Waals surface area contributed by atoms with Gasteiger partial charge in [-0.05, 0) is 25.8 Å². The van der Waals surface area contributed by atoms with E-state index in [-0.39, 0.29) is 24.2 Å². The number of esters is 1. The number of carbonyl (C=O) groups excluding carboxylic acids is 2. The average molecular weight is 278 g/mol. The van der Waals surface area contributed by atoms with E-state index in [1.54, 1.807) is 13.0 Å². The summed E-state index contributed by atoms with van der Waals surface area (Å²) in [6, 6.07) is 4.40. The Bertz CT molecular complexity index is 566. The largest absolute Gasteiger partial charge is 0.455 e. The Kier molecular flexibility index (Phi) is 3.97. The second kappa shape index (κ2) is 5.68. The number of rotatable bonds is 5. The van der Waals surface area contributed by atoms with Crippen molar-refractivity contribution in [1.82, 2.24) is 0 Å². The van der Waals surface area contributed by atoms with E-state index >= 15 is 0 Å². The predicted octanol–water partition coefficient (Wildman–Crippen LogP) is 1.79. The van der Waals surface area contributed by atoms with E-state index in [0.717, 1.165) is 12.8 Å². The summed E-state index contributed by atoms with van der Waals surface area (Å²) >= 11 is 0. The normalized spacial score (nSPS) is 13.7. The number of nitro groups is 1. The van der Waals surface area contributed by atoms with Crippen molar-refractivity contribution >= 4 is 23.3 Å². The van der Waals surface area contributed by atoms with E-state index in [4.69, 9.17) is 4.74 Å². The van der Waals surface area contributed by atoms with Crippen molar-refractivity contribution < 1.29 is 19.2 Å². The minimum atomic E-state index is -0.516. The molecule has 0 aliphatic heterocycles. The molecular formula is C13H14N2O5. The first kappa shape index (κ1) is 14.0. The molecule has 0 bridgehead atoms. The van der Waals surface area contributed by atoms with Crippen LogP contribution in [0.3, 0.4) is 0 Å². The number of carbonyl (C=O) groups is 2. The molecule has 0 spiro atoms. The molecule has 0 heterocycles. The van der Waals surface area contributed by atoms with Gasteiger partial charge in [-0.25, -0.2) is 0 Å². The molecule has 1 aliphatic carbocycles. The lowest BCUT2D eigenvalue weighted by Gasteiger charge is -2.08.